The number of rotatable bonds is 8. The first-order valence-corrected chi connectivity index (χ1v) is 21.5. The molecular weight excluding hydrogens is 1000 g/mol. The van der Waals surface area contributed by atoms with Crippen LogP contribution in [0.15, 0.2) is 62.1 Å². The Morgan fingerprint density at radius 2 is 1.19 bits per heavy atom. The summed E-state index contributed by atoms with van der Waals surface area (Å²) in [6.07, 6.45) is -4.68. The van der Waals surface area contributed by atoms with Gasteiger partial charge in [0.25, 0.3) is 20.0 Å². The Bertz CT molecular complexity index is 2570. The number of hydrogen-bond donors (Lipinski definition) is 2. The van der Waals surface area contributed by atoms with Gasteiger partial charge in [-0.1, -0.05) is 86.7 Å². The van der Waals surface area contributed by atoms with E-state index in [-0.39, 0.29) is 64.5 Å². The zero-order chi connectivity index (χ0) is 39.9. The summed E-state index contributed by atoms with van der Waals surface area (Å²) in [7, 11) is -8.51. The van der Waals surface area contributed by atoms with E-state index >= 15 is 0 Å². The van der Waals surface area contributed by atoms with Crippen LogP contribution in [-0.2, 0) is 26.2 Å². The van der Waals surface area contributed by atoms with E-state index in [9.17, 15) is 43.2 Å². The lowest BCUT2D eigenvalue weighted by Crippen LogP contribution is -2.15. The fourth-order valence-corrected chi connectivity index (χ4v) is 11.3. The van der Waals surface area contributed by atoms with Crippen molar-refractivity contribution in [1.29, 1.82) is 0 Å². The summed E-state index contributed by atoms with van der Waals surface area (Å²) >= 11 is 34.2. The molecule has 0 aliphatic carbocycles. The van der Waals surface area contributed by atoms with Crippen LogP contribution in [0.2, 0.25) is 24.4 Å². The van der Waals surface area contributed by atoms with Crippen LogP contribution in [0.5, 0.6) is 0 Å². The second-order valence-electron chi connectivity index (χ2n) is 9.83. The van der Waals surface area contributed by atoms with Gasteiger partial charge in [-0.2, -0.15) is 13.2 Å². The third-order valence-corrected chi connectivity index (χ3v) is 14.7. The number of alkyl halides is 3. The maximum Gasteiger partial charge on any atom is 0.416 e. The molecule has 0 amide bonds. The van der Waals surface area contributed by atoms with Crippen LogP contribution in [-0.4, -0.2) is 37.2 Å². The lowest BCUT2D eigenvalue weighted by molar-refractivity contribution is -0.137. The number of aromatic nitrogens is 4. The lowest BCUT2D eigenvalue weighted by atomic mass is 10.1. The highest BCUT2D eigenvalue weighted by molar-refractivity contribution is 9.10. The Morgan fingerprint density at radius 3 is 1.70 bits per heavy atom. The van der Waals surface area contributed by atoms with Crippen molar-refractivity contribution in [3.63, 3.8) is 0 Å². The van der Waals surface area contributed by atoms with Crippen molar-refractivity contribution >= 4 is 138 Å². The van der Waals surface area contributed by atoms with E-state index in [1.54, 1.807) is 0 Å². The van der Waals surface area contributed by atoms with Gasteiger partial charge in [-0.15, -0.1) is 31.7 Å². The number of nitrogens with one attached hydrogen (secondary N) is 2. The van der Waals surface area contributed by atoms with Gasteiger partial charge in [0.2, 0.25) is 10.3 Å². The van der Waals surface area contributed by atoms with Crippen molar-refractivity contribution in [2.24, 2.45) is 0 Å². The number of thiophene rings is 1. The Kier molecular flexibility index (Phi) is 13.1. The normalized spacial score (nSPS) is 12.0. The highest BCUT2D eigenvalue weighted by Gasteiger charge is 2.33. The number of benzene rings is 3. The first kappa shape index (κ1) is 42.6. The van der Waals surface area contributed by atoms with Crippen molar-refractivity contribution in [3.05, 3.63) is 100 Å². The first-order chi connectivity index (χ1) is 25.1. The van der Waals surface area contributed by atoms with Gasteiger partial charge >= 0.3 is 6.18 Å². The van der Waals surface area contributed by atoms with Crippen molar-refractivity contribution in [2.75, 3.05) is 9.44 Å². The number of anilines is 2. The highest BCUT2D eigenvalue weighted by atomic mass is 79.9. The van der Waals surface area contributed by atoms with E-state index in [0.29, 0.717) is 35.6 Å². The zero-order valence-electron chi connectivity index (χ0n) is 25.1. The third kappa shape index (κ3) is 9.71. The van der Waals surface area contributed by atoms with E-state index in [1.165, 1.54) is 24.3 Å². The minimum atomic E-state index is -4.68. The summed E-state index contributed by atoms with van der Waals surface area (Å²) in [5.74, 6) is -2.82. The average molecular weight is 1010 g/mol. The number of hydrogen-bond acceptors (Lipinski definition) is 11. The summed E-state index contributed by atoms with van der Waals surface area (Å²) in [4.78, 5) is -0.981. The minimum Gasteiger partial charge on any atom is -0.253 e. The number of nitrogens with zero attached hydrogens (tertiary/aromatic N) is 4. The molecule has 3 heterocycles. The van der Waals surface area contributed by atoms with E-state index in [2.05, 4.69) is 41.0 Å². The molecule has 2 N–H and O–H groups in total. The van der Waals surface area contributed by atoms with Crippen molar-refractivity contribution < 1.29 is 43.2 Å². The molecule has 6 rings (SSSR count). The molecule has 0 unspecified atom stereocenters. The average Bonchev–Trinajstić information content (AvgIpc) is 3.79. The van der Waals surface area contributed by atoms with Gasteiger partial charge in [-0.25, -0.2) is 30.0 Å². The topological polar surface area (TPSA) is 144 Å². The lowest BCUT2D eigenvalue weighted by Gasteiger charge is -2.10. The predicted octanol–water partition coefficient (Wildman–Crippen LogP) is 11.5. The van der Waals surface area contributed by atoms with Crippen LogP contribution in [0.25, 0.3) is 21.1 Å². The van der Waals surface area contributed by atoms with Crippen molar-refractivity contribution in [3.8, 4) is 21.1 Å². The summed E-state index contributed by atoms with van der Waals surface area (Å²) < 4.78 is 133. The largest absolute Gasteiger partial charge is 0.416 e. The molecule has 0 spiro atoms. The number of sulfonamides is 2. The molecule has 0 aliphatic heterocycles. The van der Waals surface area contributed by atoms with E-state index in [1.807, 2.05) is 4.72 Å². The highest BCUT2D eigenvalue weighted by Crippen LogP contribution is 2.42. The fourth-order valence-electron chi connectivity index (χ4n) is 3.88. The summed E-state index contributed by atoms with van der Waals surface area (Å²) in [5, 5.41) is 13.8. The van der Waals surface area contributed by atoms with Crippen LogP contribution in [0.4, 0.5) is 36.6 Å². The second-order valence-corrected chi connectivity index (χ2v) is 19.5. The molecule has 10 nitrogen and oxygen atoms in total. The Labute approximate surface area is 345 Å². The van der Waals surface area contributed by atoms with E-state index < -0.39 is 54.1 Å². The Balaban J connectivity index is 0.000000213. The molecule has 0 fully saturated rings. The second kappa shape index (κ2) is 16.5. The Morgan fingerprint density at radius 1 is 0.630 bits per heavy atom. The maximum atomic E-state index is 14.0. The number of halogens is 12. The molecule has 0 bridgehead atoms. The Hall–Kier alpha value is -2.51. The van der Waals surface area contributed by atoms with Gasteiger partial charge < -0.3 is 0 Å². The van der Waals surface area contributed by atoms with E-state index in [4.69, 9.17) is 58.0 Å². The molecule has 6 aromatic rings. The minimum absolute atomic E-state index is 0.0371. The molecule has 0 radical (unpaired) electrons. The summed E-state index contributed by atoms with van der Waals surface area (Å²) in [6.45, 7) is 0. The van der Waals surface area contributed by atoms with Crippen LogP contribution in [0.3, 0.4) is 0 Å². The SMILES string of the molecule is O=S(=O)(Nc1nnc(-c2c(Cl)cc(C(F)(F)F)cc2Cl)s1)c1cc(F)c(Br)cc1F.O=S(=O)(Nc1nnc(-c2c(F)cccc2Cl)s1)c1cc(Cl)c(Cl)s1. The fraction of sp³-hybridized carbons (Fsp3) is 0.0370. The van der Waals surface area contributed by atoms with Gasteiger partial charge in [0.1, 0.15) is 30.9 Å². The van der Waals surface area contributed by atoms with Crippen LogP contribution in [0, 0.1) is 17.5 Å². The van der Waals surface area contributed by atoms with Gasteiger partial charge in [-0.3, -0.25) is 9.44 Å². The van der Waals surface area contributed by atoms with Crippen LogP contribution in [0.1, 0.15) is 5.56 Å². The molecule has 0 saturated carbocycles. The van der Waals surface area contributed by atoms with Gasteiger partial charge in [-0.05, 0) is 58.4 Å². The van der Waals surface area contributed by atoms with E-state index in [0.717, 1.165) is 22.7 Å². The molecule has 0 aliphatic rings. The molecule has 54 heavy (non-hydrogen) atoms. The quantitative estimate of drug-likeness (QED) is 0.113. The van der Waals surface area contributed by atoms with Gasteiger partial charge in [0.05, 0.1) is 35.7 Å². The molecular formula is C27H10BrCl5F6N6O4S5. The van der Waals surface area contributed by atoms with Crippen molar-refractivity contribution in [2.45, 2.75) is 15.3 Å². The first-order valence-electron chi connectivity index (χ1n) is 13.4. The molecule has 286 valence electrons. The zero-order valence-corrected chi connectivity index (χ0v) is 34.6. The molecule has 0 saturated heterocycles. The summed E-state index contributed by atoms with van der Waals surface area (Å²) in [6, 6.07) is 7.78. The molecule has 3 aromatic carbocycles. The van der Waals surface area contributed by atoms with Crippen molar-refractivity contribution in [1.82, 2.24) is 20.4 Å². The predicted molar refractivity (Wildman–Crippen MR) is 201 cm³/mol. The van der Waals surface area contributed by atoms with Crippen LogP contribution < -0.4 is 9.44 Å². The standard InChI is InChI=1S/C15H5BrCl2F5N3O2S2.C12H5Cl3FN3O2S3/c16-6-3-10(20)11(4-9(6)19)30(27,28)26-14-25-24-13(29-14)12-7(17)1-5(2-8(12)18)15(21,22)23;13-5-2-1-3-7(16)9(5)11-17-18-12(23-11)19-24(20,21)8-4-6(14)10(15)22-8/h1-4H,(H,25,26);1-4H,(H,18,19). The van der Waals surface area contributed by atoms with Crippen LogP contribution >= 0.6 is 108 Å². The van der Waals surface area contributed by atoms with Gasteiger partial charge in [0, 0.05) is 5.56 Å². The van der Waals surface area contributed by atoms with Gasteiger partial charge in [0.15, 0.2) is 10.0 Å². The molecule has 0 atom stereocenters. The third-order valence-electron chi connectivity index (χ3n) is 6.21. The maximum absolute atomic E-state index is 14.0. The smallest absolute Gasteiger partial charge is 0.253 e. The molecule has 3 aromatic heterocycles. The summed E-state index contributed by atoms with van der Waals surface area (Å²) in [5.41, 5.74) is -1.13. The monoisotopic (exact) mass is 1010 g/mol. The molecule has 27 heteroatoms.